The van der Waals surface area contributed by atoms with Crippen molar-refractivity contribution in [1.29, 1.82) is 0 Å². The Morgan fingerprint density at radius 2 is 1.60 bits per heavy atom. The molecule has 0 radical (unpaired) electrons. The van der Waals surface area contributed by atoms with E-state index >= 15 is 0 Å². The summed E-state index contributed by atoms with van der Waals surface area (Å²) in [5.74, 6) is -1.98. The van der Waals surface area contributed by atoms with E-state index in [1.54, 1.807) is 25.1 Å². The fourth-order valence-corrected chi connectivity index (χ4v) is 6.92. The highest BCUT2D eigenvalue weighted by Crippen LogP contribution is 2.56. The Bertz CT molecular complexity index is 1930. The second-order valence-corrected chi connectivity index (χ2v) is 11.5. The standard InChI is InChI=1S/C30H27Cl2N3O8/c1-12-9-15-20(25(36)30(12)26(37)21-17(41-5)11-18(42-6)23(32)24(21)43-30)19(13-7-8-16(40-4)14(31)10-13)22-27(33-15)34(2)29(39)35(3)28(22)38/h7-8,10-12,19,33H,9H2,1-6H3/t12-,19?,30+/m1/s1. The van der Waals surface area contributed by atoms with Crippen LogP contribution < -0.4 is 35.5 Å². The van der Waals surface area contributed by atoms with Gasteiger partial charge in [-0.1, -0.05) is 36.2 Å². The van der Waals surface area contributed by atoms with Crippen LogP contribution in [0.1, 0.15) is 40.7 Å². The summed E-state index contributed by atoms with van der Waals surface area (Å²) in [5, 5.41) is 3.46. The molecule has 3 atom stereocenters. The van der Waals surface area contributed by atoms with Gasteiger partial charge in [0, 0.05) is 43.3 Å². The SMILES string of the molecule is COc1ccc(C2C3=C(C[C@@H](C)[C@]4(Oc5c(Cl)c(OC)cc(OC)c5C4=O)C3=O)Nc3c2c(=O)n(C)c(=O)n3C)cc1Cl. The summed E-state index contributed by atoms with van der Waals surface area (Å²) in [6, 6.07) is 6.38. The molecule has 1 aromatic heterocycles. The zero-order valence-corrected chi connectivity index (χ0v) is 25.6. The number of methoxy groups -OCH3 is 3. The average Bonchev–Trinajstić information content (AvgIpc) is 3.31. The number of anilines is 1. The largest absolute Gasteiger partial charge is 0.496 e. The van der Waals surface area contributed by atoms with E-state index in [-0.39, 0.29) is 56.2 Å². The molecule has 0 amide bonds. The molecule has 1 spiro atoms. The molecule has 2 aromatic carbocycles. The molecule has 1 unspecified atom stereocenters. The number of fused-ring (bicyclic) bond motifs is 2. The fourth-order valence-electron chi connectivity index (χ4n) is 6.38. The number of allylic oxidation sites excluding steroid dienone is 1. The third-order valence-corrected chi connectivity index (χ3v) is 9.24. The summed E-state index contributed by atoms with van der Waals surface area (Å²) in [4.78, 5) is 55.9. The van der Waals surface area contributed by atoms with Crippen molar-refractivity contribution in [3.05, 3.63) is 83.1 Å². The van der Waals surface area contributed by atoms with Gasteiger partial charge in [-0.3, -0.25) is 23.5 Å². The zero-order chi connectivity index (χ0) is 31.1. The number of nitrogens with zero attached hydrogens (tertiary/aromatic N) is 2. The van der Waals surface area contributed by atoms with E-state index in [1.165, 1.54) is 46.1 Å². The molecule has 3 heterocycles. The third kappa shape index (κ3) is 3.74. The smallest absolute Gasteiger partial charge is 0.332 e. The number of ketones is 2. The van der Waals surface area contributed by atoms with Gasteiger partial charge in [0.05, 0.1) is 31.9 Å². The van der Waals surface area contributed by atoms with Gasteiger partial charge in [-0.25, -0.2) is 4.79 Å². The van der Waals surface area contributed by atoms with Gasteiger partial charge >= 0.3 is 5.69 Å². The number of hydrogen-bond donors (Lipinski definition) is 1. The lowest BCUT2D eigenvalue weighted by molar-refractivity contribution is -0.130. The number of carbonyl (C=O) groups is 2. The predicted molar refractivity (Wildman–Crippen MR) is 158 cm³/mol. The molecule has 0 bridgehead atoms. The van der Waals surface area contributed by atoms with Gasteiger partial charge in [-0.15, -0.1) is 0 Å². The van der Waals surface area contributed by atoms with Crippen molar-refractivity contribution in [3.8, 4) is 23.0 Å². The summed E-state index contributed by atoms with van der Waals surface area (Å²) < 4.78 is 24.8. The Morgan fingerprint density at radius 3 is 2.23 bits per heavy atom. The highest BCUT2D eigenvalue weighted by Gasteiger charge is 2.63. The van der Waals surface area contributed by atoms with Crippen LogP contribution in [0.25, 0.3) is 0 Å². The quantitative estimate of drug-likeness (QED) is 0.429. The minimum absolute atomic E-state index is 0.0152. The van der Waals surface area contributed by atoms with Crippen molar-refractivity contribution in [1.82, 2.24) is 9.13 Å². The Morgan fingerprint density at radius 1 is 0.930 bits per heavy atom. The Hall–Kier alpha value is -4.22. The lowest BCUT2D eigenvalue weighted by atomic mass is 9.66. The average molecular weight is 628 g/mol. The number of rotatable bonds is 4. The van der Waals surface area contributed by atoms with Crippen LogP contribution in [0.15, 0.2) is 45.1 Å². The van der Waals surface area contributed by atoms with E-state index in [0.29, 0.717) is 17.0 Å². The van der Waals surface area contributed by atoms with Gasteiger partial charge in [-0.05, 0) is 24.1 Å². The van der Waals surface area contributed by atoms with Crippen molar-refractivity contribution in [2.75, 3.05) is 26.6 Å². The van der Waals surface area contributed by atoms with Crippen LogP contribution in [-0.2, 0) is 18.9 Å². The van der Waals surface area contributed by atoms with Crippen molar-refractivity contribution in [2.45, 2.75) is 24.9 Å². The number of ether oxygens (including phenoxy) is 4. The molecule has 3 aromatic rings. The van der Waals surface area contributed by atoms with Crippen molar-refractivity contribution < 1.29 is 28.5 Å². The van der Waals surface area contributed by atoms with Gasteiger partial charge in [0.25, 0.3) is 5.56 Å². The van der Waals surface area contributed by atoms with Crippen molar-refractivity contribution in [3.63, 3.8) is 0 Å². The highest BCUT2D eigenvalue weighted by molar-refractivity contribution is 6.36. The maximum Gasteiger partial charge on any atom is 0.332 e. The summed E-state index contributed by atoms with van der Waals surface area (Å²) in [6.45, 7) is 1.72. The van der Waals surface area contributed by atoms with Crippen molar-refractivity contribution in [2.24, 2.45) is 20.0 Å². The normalized spacial score (nSPS) is 22.0. The van der Waals surface area contributed by atoms with E-state index in [9.17, 15) is 19.2 Å². The monoisotopic (exact) mass is 627 g/mol. The van der Waals surface area contributed by atoms with Crippen molar-refractivity contribution >= 4 is 40.6 Å². The third-order valence-electron chi connectivity index (χ3n) is 8.59. The second-order valence-electron chi connectivity index (χ2n) is 10.7. The van der Waals surface area contributed by atoms with Crippen LogP contribution in [-0.4, -0.2) is 47.6 Å². The molecule has 0 saturated carbocycles. The molecule has 1 N–H and O–H groups in total. The number of aromatic nitrogens is 2. The van der Waals surface area contributed by atoms with Crippen LogP contribution in [0, 0.1) is 5.92 Å². The minimum Gasteiger partial charge on any atom is -0.496 e. The number of halogens is 2. The van der Waals surface area contributed by atoms with Gasteiger partial charge in [-0.2, -0.15) is 0 Å². The first-order valence-corrected chi connectivity index (χ1v) is 14.0. The molecule has 11 nitrogen and oxygen atoms in total. The molecule has 2 aliphatic heterocycles. The van der Waals surface area contributed by atoms with E-state index in [2.05, 4.69) is 5.32 Å². The predicted octanol–water partition coefficient (Wildman–Crippen LogP) is 3.85. The van der Waals surface area contributed by atoms with Crippen LogP contribution in [0.3, 0.4) is 0 Å². The number of hydrogen-bond acceptors (Lipinski definition) is 9. The first kappa shape index (κ1) is 28.9. The number of Topliss-reactive ketones (excluding diaryl/α,β-unsaturated/α-hetero) is 2. The second kappa shape index (κ2) is 9.92. The maximum absolute atomic E-state index is 14.9. The molecular weight excluding hydrogens is 601 g/mol. The summed E-state index contributed by atoms with van der Waals surface area (Å²) >= 11 is 13.1. The van der Waals surface area contributed by atoms with Gasteiger partial charge in [0.1, 0.15) is 33.7 Å². The van der Waals surface area contributed by atoms with Gasteiger partial charge in [0.15, 0.2) is 5.75 Å². The summed E-state index contributed by atoms with van der Waals surface area (Å²) in [7, 11) is 7.17. The molecule has 1 aliphatic carbocycles. The summed E-state index contributed by atoms with van der Waals surface area (Å²) in [6.07, 6.45) is 0.168. The number of nitrogens with one attached hydrogen (secondary N) is 1. The molecule has 0 fully saturated rings. The molecule has 0 saturated heterocycles. The molecule has 6 rings (SSSR count). The van der Waals surface area contributed by atoms with E-state index in [4.69, 9.17) is 42.1 Å². The Labute approximate surface area is 255 Å². The van der Waals surface area contributed by atoms with Crippen LogP contribution in [0.5, 0.6) is 23.0 Å². The number of benzene rings is 2. The Balaban J connectivity index is 1.62. The lowest BCUT2D eigenvalue weighted by Crippen LogP contribution is -2.58. The van der Waals surface area contributed by atoms with Gasteiger partial charge in [0.2, 0.25) is 17.2 Å². The van der Waals surface area contributed by atoms with Gasteiger partial charge < -0.3 is 24.3 Å². The zero-order valence-electron chi connectivity index (χ0n) is 24.1. The fraction of sp³-hybridized carbons (Fsp3) is 0.333. The maximum atomic E-state index is 14.9. The first-order valence-electron chi connectivity index (χ1n) is 13.3. The first-order chi connectivity index (χ1) is 20.4. The number of carbonyl (C=O) groups excluding carboxylic acids is 2. The van der Waals surface area contributed by atoms with E-state index in [1.807, 2.05) is 0 Å². The molecular formula is C30H27Cl2N3O8. The molecule has 224 valence electrons. The van der Waals surface area contributed by atoms with E-state index in [0.717, 1.165) is 4.57 Å². The lowest BCUT2D eigenvalue weighted by Gasteiger charge is -2.42. The van der Waals surface area contributed by atoms with Crippen LogP contribution in [0.2, 0.25) is 10.0 Å². The topological polar surface area (TPSA) is 127 Å². The summed E-state index contributed by atoms with van der Waals surface area (Å²) in [5.41, 5.74) is -1.90. The van der Waals surface area contributed by atoms with Crippen LogP contribution in [0.4, 0.5) is 5.82 Å². The molecule has 13 heteroatoms. The minimum atomic E-state index is -2.01. The highest BCUT2D eigenvalue weighted by atomic mass is 35.5. The molecule has 43 heavy (non-hydrogen) atoms. The van der Waals surface area contributed by atoms with Crippen LogP contribution >= 0.6 is 23.2 Å². The Kier molecular flexibility index (Phi) is 6.66. The van der Waals surface area contributed by atoms with E-state index < -0.39 is 40.3 Å². The molecule has 3 aliphatic rings.